The van der Waals surface area contributed by atoms with Crippen LogP contribution in [0.25, 0.3) is 0 Å². The molecular formula is C10H10FNO2. The third-order valence-corrected chi connectivity index (χ3v) is 1.63. The molecule has 74 valence electrons. The molecule has 0 bridgehead atoms. The van der Waals surface area contributed by atoms with Crippen LogP contribution in [-0.2, 0) is 4.79 Å². The Hall–Kier alpha value is -1.84. The van der Waals surface area contributed by atoms with Gasteiger partial charge in [0.15, 0.2) is 0 Å². The highest BCUT2D eigenvalue weighted by atomic mass is 19.1. The molecule has 0 saturated carbocycles. The van der Waals surface area contributed by atoms with Crippen molar-refractivity contribution < 1.29 is 14.3 Å². The van der Waals surface area contributed by atoms with Crippen LogP contribution in [0.15, 0.2) is 30.5 Å². The summed E-state index contributed by atoms with van der Waals surface area (Å²) in [5.41, 5.74) is 1.17. The minimum Gasteiger partial charge on any atom is -0.478 e. The molecule has 0 heterocycles. The predicted molar refractivity (Wildman–Crippen MR) is 51.5 cm³/mol. The molecule has 0 aliphatic carbocycles. The zero-order valence-electron chi connectivity index (χ0n) is 7.62. The summed E-state index contributed by atoms with van der Waals surface area (Å²) in [5.74, 6) is -1.31. The number of benzene rings is 1. The molecular weight excluding hydrogens is 185 g/mol. The maximum Gasteiger partial charge on any atom is 0.329 e. The van der Waals surface area contributed by atoms with E-state index in [9.17, 15) is 9.18 Å². The number of hydrogen-bond acceptors (Lipinski definition) is 2. The van der Waals surface area contributed by atoms with Crippen LogP contribution in [0.2, 0.25) is 0 Å². The lowest BCUT2D eigenvalue weighted by Crippen LogP contribution is -1.93. The van der Waals surface area contributed by atoms with E-state index in [-0.39, 0.29) is 5.82 Å². The molecule has 14 heavy (non-hydrogen) atoms. The quantitative estimate of drug-likeness (QED) is 0.726. The molecule has 0 atom stereocenters. The Labute approximate surface area is 80.9 Å². The van der Waals surface area contributed by atoms with E-state index < -0.39 is 5.97 Å². The summed E-state index contributed by atoms with van der Waals surface area (Å²) >= 11 is 0. The SMILES string of the molecule is Cc1cc(N/C=C/C(=O)O)ccc1F. The lowest BCUT2D eigenvalue weighted by molar-refractivity contribution is -0.131. The standard InChI is InChI=1S/C10H10FNO2/c1-7-6-8(2-3-9(7)11)12-5-4-10(13)14/h2-6,12H,1H3,(H,13,14)/b5-4+. The molecule has 0 amide bonds. The Morgan fingerprint density at radius 1 is 1.57 bits per heavy atom. The Bertz CT molecular complexity index is 374. The van der Waals surface area contributed by atoms with Crippen molar-refractivity contribution in [1.82, 2.24) is 0 Å². The molecule has 0 aliphatic heterocycles. The summed E-state index contributed by atoms with van der Waals surface area (Å²) in [6.07, 6.45) is 2.26. The van der Waals surface area contributed by atoms with Crippen molar-refractivity contribution in [1.29, 1.82) is 0 Å². The summed E-state index contributed by atoms with van der Waals surface area (Å²) < 4.78 is 12.8. The van der Waals surface area contributed by atoms with Crippen LogP contribution in [0.1, 0.15) is 5.56 Å². The van der Waals surface area contributed by atoms with Gasteiger partial charge in [0.25, 0.3) is 0 Å². The molecule has 0 aromatic heterocycles. The molecule has 1 aromatic carbocycles. The Kier molecular flexibility index (Phi) is 3.23. The fraction of sp³-hybridized carbons (Fsp3) is 0.100. The number of carboxylic acids is 1. The molecule has 4 heteroatoms. The van der Waals surface area contributed by atoms with Crippen molar-refractivity contribution in [2.75, 3.05) is 5.32 Å². The van der Waals surface area contributed by atoms with E-state index in [0.29, 0.717) is 11.3 Å². The van der Waals surface area contributed by atoms with Gasteiger partial charge >= 0.3 is 5.97 Å². The molecule has 1 aromatic rings. The zero-order chi connectivity index (χ0) is 10.6. The second kappa shape index (κ2) is 4.41. The van der Waals surface area contributed by atoms with Crippen molar-refractivity contribution >= 4 is 11.7 Å². The number of carbonyl (C=O) groups is 1. The van der Waals surface area contributed by atoms with Crippen molar-refractivity contribution in [2.45, 2.75) is 6.92 Å². The first-order chi connectivity index (χ1) is 6.59. The van der Waals surface area contributed by atoms with Crippen molar-refractivity contribution in [3.63, 3.8) is 0 Å². The van der Waals surface area contributed by atoms with Gasteiger partial charge in [0, 0.05) is 18.0 Å². The highest BCUT2D eigenvalue weighted by Crippen LogP contribution is 2.13. The van der Waals surface area contributed by atoms with Gasteiger partial charge < -0.3 is 10.4 Å². The summed E-state index contributed by atoms with van der Waals surface area (Å²) in [7, 11) is 0. The predicted octanol–water partition coefficient (Wildman–Crippen LogP) is 2.14. The van der Waals surface area contributed by atoms with Crippen molar-refractivity contribution in [2.24, 2.45) is 0 Å². The summed E-state index contributed by atoms with van der Waals surface area (Å²) in [6.45, 7) is 1.64. The van der Waals surface area contributed by atoms with Gasteiger partial charge in [-0.15, -0.1) is 0 Å². The van der Waals surface area contributed by atoms with E-state index in [1.54, 1.807) is 13.0 Å². The zero-order valence-corrected chi connectivity index (χ0v) is 7.62. The molecule has 0 saturated heterocycles. The van der Waals surface area contributed by atoms with Gasteiger partial charge in [-0.05, 0) is 30.7 Å². The number of nitrogens with one attached hydrogen (secondary N) is 1. The lowest BCUT2D eigenvalue weighted by Gasteiger charge is -2.02. The van der Waals surface area contributed by atoms with E-state index in [1.165, 1.54) is 18.3 Å². The molecule has 0 fully saturated rings. The maximum absolute atomic E-state index is 12.8. The third kappa shape index (κ3) is 2.90. The first-order valence-electron chi connectivity index (χ1n) is 4.02. The minimum absolute atomic E-state index is 0.280. The van der Waals surface area contributed by atoms with Crippen LogP contribution in [0.5, 0.6) is 0 Å². The van der Waals surface area contributed by atoms with Gasteiger partial charge in [-0.2, -0.15) is 0 Å². The van der Waals surface area contributed by atoms with Crippen LogP contribution in [-0.4, -0.2) is 11.1 Å². The van der Waals surface area contributed by atoms with Crippen molar-refractivity contribution in [3.05, 3.63) is 41.9 Å². The molecule has 0 aliphatic rings. The second-order valence-electron chi connectivity index (χ2n) is 2.78. The van der Waals surface area contributed by atoms with Gasteiger partial charge in [-0.25, -0.2) is 9.18 Å². The first-order valence-corrected chi connectivity index (χ1v) is 4.02. The number of halogens is 1. The normalized spacial score (nSPS) is 10.4. The van der Waals surface area contributed by atoms with Gasteiger partial charge in [-0.1, -0.05) is 0 Å². The van der Waals surface area contributed by atoms with Crippen LogP contribution < -0.4 is 5.32 Å². The van der Waals surface area contributed by atoms with Gasteiger partial charge in [-0.3, -0.25) is 0 Å². The van der Waals surface area contributed by atoms with Crippen LogP contribution in [0, 0.1) is 12.7 Å². The maximum atomic E-state index is 12.8. The number of anilines is 1. The fourth-order valence-electron chi connectivity index (χ4n) is 0.944. The van der Waals surface area contributed by atoms with E-state index in [1.807, 2.05) is 0 Å². The Morgan fingerprint density at radius 2 is 2.29 bits per heavy atom. The summed E-state index contributed by atoms with van der Waals surface area (Å²) in [4.78, 5) is 10.1. The van der Waals surface area contributed by atoms with E-state index in [2.05, 4.69) is 5.32 Å². The largest absolute Gasteiger partial charge is 0.478 e. The molecule has 3 nitrogen and oxygen atoms in total. The summed E-state index contributed by atoms with van der Waals surface area (Å²) in [6, 6.07) is 4.46. The minimum atomic E-state index is -1.03. The Morgan fingerprint density at radius 3 is 2.86 bits per heavy atom. The Balaban J connectivity index is 2.69. The van der Waals surface area contributed by atoms with Crippen molar-refractivity contribution in [3.8, 4) is 0 Å². The van der Waals surface area contributed by atoms with Gasteiger partial charge in [0.1, 0.15) is 5.82 Å². The molecule has 1 rings (SSSR count). The van der Waals surface area contributed by atoms with E-state index in [0.717, 1.165) is 6.08 Å². The van der Waals surface area contributed by atoms with Gasteiger partial charge in [0.05, 0.1) is 0 Å². The van der Waals surface area contributed by atoms with E-state index >= 15 is 0 Å². The number of aryl methyl sites for hydroxylation is 1. The lowest BCUT2D eigenvalue weighted by atomic mass is 10.2. The summed E-state index contributed by atoms with van der Waals surface area (Å²) in [5, 5.41) is 11.0. The van der Waals surface area contributed by atoms with Crippen LogP contribution >= 0.6 is 0 Å². The average Bonchev–Trinajstić information content (AvgIpc) is 2.10. The highest BCUT2D eigenvalue weighted by Gasteiger charge is 1.96. The monoisotopic (exact) mass is 195 g/mol. The third-order valence-electron chi connectivity index (χ3n) is 1.63. The molecule has 2 N–H and O–H groups in total. The second-order valence-corrected chi connectivity index (χ2v) is 2.78. The first kappa shape index (κ1) is 10.2. The number of aliphatic carboxylic acids is 1. The van der Waals surface area contributed by atoms with Crippen LogP contribution in [0.3, 0.4) is 0 Å². The topological polar surface area (TPSA) is 49.3 Å². The molecule has 0 unspecified atom stereocenters. The average molecular weight is 195 g/mol. The van der Waals surface area contributed by atoms with Gasteiger partial charge in [0.2, 0.25) is 0 Å². The van der Waals surface area contributed by atoms with Crippen LogP contribution in [0.4, 0.5) is 10.1 Å². The number of rotatable bonds is 3. The fourth-order valence-corrected chi connectivity index (χ4v) is 0.944. The highest BCUT2D eigenvalue weighted by molar-refractivity contribution is 5.80. The molecule has 0 radical (unpaired) electrons. The molecule has 0 spiro atoms. The number of carboxylic acid groups (broad SMARTS) is 1. The van der Waals surface area contributed by atoms with E-state index in [4.69, 9.17) is 5.11 Å². The smallest absolute Gasteiger partial charge is 0.329 e. The number of hydrogen-bond donors (Lipinski definition) is 2.